The van der Waals surface area contributed by atoms with E-state index >= 15 is 0 Å². The largest absolute Gasteiger partial charge is 0.507 e. The zero-order chi connectivity index (χ0) is 12.6. The Labute approximate surface area is 100 Å². The van der Waals surface area contributed by atoms with E-state index in [0.29, 0.717) is 17.4 Å². The number of phenolic OH excluding ortho intramolecular Hbond substituents is 1. The standard InChI is InChI=1S/C13H15N3O/c1-7-4-10(5-8(2)12(7)17)13-15-9(3)6-11(14)16-13/h4-6,17H,1-3H3,(H2,14,15,16). The van der Waals surface area contributed by atoms with Crippen LogP contribution in [0.15, 0.2) is 18.2 Å². The molecule has 4 heteroatoms. The molecule has 88 valence electrons. The van der Waals surface area contributed by atoms with Gasteiger partial charge in [0.1, 0.15) is 11.6 Å². The fourth-order valence-corrected chi connectivity index (χ4v) is 1.81. The number of aromatic nitrogens is 2. The molecule has 1 heterocycles. The van der Waals surface area contributed by atoms with Gasteiger partial charge in [0, 0.05) is 17.3 Å². The first-order valence-electron chi connectivity index (χ1n) is 5.39. The number of nitrogen functional groups attached to an aromatic ring is 1. The van der Waals surface area contributed by atoms with Gasteiger partial charge in [-0.2, -0.15) is 0 Å². The van der Waals surface area contributed by atoms with Crippen LogP contribution in [0.25, 0.3) is 11.4 Å². The molecule has 2 rings (SSSR count). The first kappa shape index (κ1) is 11.4. The molecule has 1 aromatic heterocycles. The van der Waals surface area contributed by atoms with Gasteiger partial charge in [0.15, 0.2) is 5.82 Å². The lowest BCUT2D eigenvalue weighted by Crippen LogP contribution is -1.98. The molecule has 0 spiro atoms. The fourth-order valence-electron chi connectivity index (χ4n) is 1.81. The molecular formula is C13H15N3O. The maximum absolute atomic E-state index is 9.72. The van der Waals surface area contributed by atoms with E-state index in [-0.39, 0.29) is 0 Å². The van der Waals surface area contributed by atoms with Crippen molar-refractivity contribution in [1.29, 1.82) is 0 Å². The summed E-state index contributed by atoms with van der Waals surface area (Å²) < 4.78 is 0. The van der Waals surface area contributed by atoms with E-state index in [2.05, 4.69) is 9.97 Å². The van der Waals surface area contributed by atoms with Crippen LogP contribution in [0.2, 0.25) is 0 Å². The molecule has 4 nitrogen and oxygen atoms in total. The molecule has 0 atom stereocenters. The lowest BCUT2D eigenvalue weighted by atomic mass is 10.1. The number of aromatic hydroxyl groups is 1. The first-order chi connectivity index (χ1) is 7.97. The molecule has 0 radical (unpaired) electrons. The second-order valence-electron chi connectivity index (χ2n) is 4.22. The number of rotatable bonds is 1. The molecule has 0 saturated heterocycles. The van der Waals surface area contributed by atoms with Crippen molar-refractivity contribution in [3.8, 4) is 17.1 Å². The molecule has 0 unspecified atom stereocenters. The molecule has 3 N–H and O–H groups in total. The van der Waals surface area contributed by atoms with Crippen LogP contribution in [-0.2, 0) is 0 Å². The molecule has 0 bridgehead atoms. The highest BCUT2D eigenvalue weighted by Crippen LogP contribution is 2.27. The van der Waals surface area contributed by atoms with E-state index in [1.54, 1.807) is 6.07 Å². The van der Waals surface area contributed by atoms with Gasteiger partial charge in [-0.1, -0.05) is 0 Å². The van der Waals surface area contributed by atoms with Gasteiger partial charge in [0.25, 0.3) is 0 Å². The zero-order valence-electron chi connectivity index (χ0n) is 10.2. The van der Waals surface area contributed by atoms with Crippen molar-refractivity contribution in [2.75, 3.05) is 5.73 Å². The summed E-state index contributed by atoms with van der Waals surface area (Å²) >= 11 is 0. The Balaban J connectivity index is 2.60. The van der Waals surface area contributed by atoms with Crippen molar-refractivity contribution in [1.82, 2.24) is 9.97 Å². The van der Waals surface area contributed by atoms with Gasteiger partial charge in [-0.05, 0) is 44.0 Å². The predicted molar refractivity (Wildman–Crippen MR) is 67.8 cm³/mol. The van der Waals surface area contributed by atoms with Crippen molar-refractivity contribution < 1.29 is 5.11 Å². The molecule has 0 fully saturated rings. The van der Waals surface area contributed by atoms with Crippen molar-refractivity contribution in [3.63, 3.8) is 0 Å². The van der Waals surface area contributed by atoms with Crippen LogP contribution in [-0.4, -0.2) is 15.1 Å². The molecule has 0 saturated carbocycles. The zero-order valence-corrected chi connectivity index (χ0v) is 10.2. The van der Waals surface area contributed by atoms with Gasteiger partial charge in [0.05, 0.1) is 0 Å². The van der Waals surface area contributed by atoms with Crippen molar-refractivity contribution in [2.45, 2.75) is 20.8 Å². The van der Waals surface area contributed by atoms with Gasteiger partial charge in [-0.3, -0.25) is 0 Å². The average molecular weight is 229 g/mol. The van der Waals surface area contributed by atoms with Crippen LogP contribution >= 0.6 is 0 Å². The summed E-state index contributed by atoms with van der Waals surface area (Å²) in [5, 5.41) is 9.72. The summed E-state index contributed by atoms with van der Waals surface area (Å²) in [6.07, 6.45) is 0. The maximum Gasteiger partial charge on any atom is 0.161 e. The number of aryl methyl sites for hydroxylation is 3. The normalized spacial score (nSPS) is 10.5. The minimum Gasteiger partial charge on any atom is -0.507 e. The van der Waals surface area contributed by atoms with Crippen LogP contribution in [0.1, 0.15) is 16.8 Å². The van der Waals surface area contributed by atoms with Gasteiger partial charge in [-0.15, -0.1) is 0 Å². The van der Waals surface area contributed by atoms with Crippen molar-refractivity contribution in [2.24, 2.45) is 0 Å². The number of phenols is 1. The van der Waals surface area contributed by atoms with Crippen LogP contribution in [0.3, 0.4) is 0 Å². The van der Waals surface area contributed by atoms with E-state index in [0.717, 1.165) is 22.4 Å². The maximum atomic E-state index is 9.72. The van der Waals surface area contributed by atoms with E-state index in [1.807, 2.05) is 32.9 Å². The highest BCUT2D eigenvalue weighted by molar-refractivity contribution is 5.62. The Morgan fingerprint density at radius 1 is 1.00 bits per heavy atom. The molecule has 0 aliphatic heterocycles. The highest BCUT2D eigenvalue weighted by atomic mass is 16.3. The number of nitrogens with two attached hydrogens (primary N) is 1. The summed E-state index contributed by atoms with van der Waals surface area (Å²) in [5.41, 5.74) is 9.02. The average Bonchev–Trinajstić information content (AvgIpc) is 2.23. The SMILES string of the molecule is Cc1cc(N)nc(-c2cc(C)c(O)c(C)c2)n1. The summed E-state index contributed by atoms with van der Waals surface area (Å²) in [4.78, 5) is 8.54. The highest BCUT2D eigenvalue weighted by Gasteiger charge is 2.08. The molecular weight excluding hydrogens is 214 g/mol. The second-order valence-corrected chi connectivity index (χ2v) is 4.22. The van der Waals surface area contributed by atoms with Crippen LogP contribution < -0.4 is 5.73 Å². The third kappa shape index (κ3) is 2.20. The Bertz CT molecular complexity index is 536. The van der Waals surface area contributed by atoms with Crippen LogP contribution in [0, 0.1) is 20.8 Å². The summed E-state index contributed by atoms with van der Waals surface area (Å²) in [6, 6.07) is 5.44. The number of hydrogen-bond acceptors (Lipinski definition) is 4. The Morgan fingerprint density at radius 2 is 1.59 bits per heavy atom. The quantitative estimate of drug-likeness (QED) is 0.787. The lowest BCUT2D eigenvalue weighted by Gasteiger charge is -2.08. The van der Waals surface area contributed by atoms with Crippen LogP contribution in [0.5, 0.6) is 5.75 Å². The second kappa shape index (κ2) is 4.05. The smallest absolute Gasteiger partial charge is 0.161 e. The summed E-state index contributed by atoms with van der Waals surface area (Å²) in [7, 11) is 0. The van der Waals surface area contributed by atoms with Gasteiger partial charge in [-0.25, -0.2) is 9.97 Å². The summed E-state index contributed by atoms with van der Waals surface area (Å²) in [6.45, 7) is 5.58. The molecule has 0 aliphatic rings. The van der Waals surface area contributed by atoms with E-state index < -0.39 is 0 Å². The van der Waals surface area contributed by atoms with E-state index in [9.17, 15) is 5.11 Å². The molecule has 1 aromatic carbocycles. The lowest BCUT2D eigenvalue weighted by molar-refractivity contribution is 0.467. The number of anilines is 1. The Morgan fingerprint density at radius 3 is 2.12 bits per heavy atom. The molecule has 0 aliphatic carbocycles. The Hall–Kier alpha value is -2.10. The molecule has 0 amide bonds. The number of nitrogens with zero attached hydrogens (tertiary/aromatic N) is 2. The number of hydrogen-bond donors (Lipinski definition) is 2. The monoisotopic (exact) mass is 229 g/mol. The third-order valence-electron chi connectivity index (χ3n) is 2.62. The summed E-state index contributed by atoms with van der Waals surface area (Å²) in [5.74, 6) is 1.36. The third-order valence-corrected chi connectivity index (χ3v) is 2.62. The fraction of sp³-hybridized carbons (Fsp3) is 0.231. The van der Waals surface area contributed by atoms with Gasteiger partial charge in [0.2, 0.25) is 0 Å². The molecule has 17 heavy (non-hydrogen) atoms. The van der Waals surface area contributed by atoms with Crippen molar-refractivity contribution in [3.05, 3.63) is 35.0 Å². The minimum absolute atomic E-state index is 0.314. The Kier molecular flexibility index (Phi) is 2.71. The van der Waals surface area contributed by atoms with E-state index in [1.165, 1.54) is 0 Å². The van der Waals surface area contributed by atoms with Gasteiger partial charge >= 0.3 is 0 Å². The van der Waals surface area contributed by atoms with Crippen molar-refractivity contribution >= 4 is 5.82 Å². The first-order valence-corrected chi connectivity index (χ1v) is 5.39. The predicted octanol–water partition coefficient (Wildman–Crippen LogP) is 2.36. The number of benzene rings is 1. The molecule has 2 aromatic rings. The van der Waals surface area contributed by atoms with Gasteiger partial charge < -0.3 is 10.8 Å². The topological polar surface area (TPSA) is 72.0 Å². The minimum atomic E-state index is 0.314. The van der Waals surface area contributed by atoms with Crippen LogP contribution in [0.4, 0.5) is 5.82 Å². The van der Waals surface area contributed by atoms with E-state index in [4.69, 9.17) is 5.73 Å².